The van der Waals surface area contributed by atoms with Crippen LogP contribution in [0.5, 0.6) is 11.8 Å². The van der Waals surface area contributed by atoms with Crippen molar-refractivity contribution < 1.29 is 90.3 Å². The molecule has 0 bridgehead atoms. The Bertz CT molecular complexity index is 1270. The molecule has 24 heteroatoms. The fourth-order valence-corrected chi connectivity index (χ4v) is 3.73. The van der Waals surface area contributed by atoms with Gasteiger partial charge < -0.3 is 20.4 Å². The molecule has 4 N–H and O–H groups in total. The lowest BCUT2D eigenvalue weighted by atomic mass is 9.88. The molecule has 0 aliphatic carbocycles. The van der Waals surface area contributed by atoms with Gasteiger partial charge in [-0.3, -0.25) is 9.35 Å². The van der Waals surface area contributed by atoms with Crippen LogP contribution in [0.4, 0.5) is 52.7 Å². The van der Waals surface area contributed by atoms with E-state index in [0.717, 1.165) is 0 Å². The molecule has 1 heterocycles. The van der Waals surface area contributed by atoms with E-state index in [0.29, 0.717) is 0 Å². The van der Waals surface area contributed by atoms with Crippen molar-refractivity contribution in [3.8, 4) is 11.8 Å². The number of hydrogen-bond donors (Lipinski definition) is 4. The van der Waals surface area contributed by atoms with Crippen LogP contribution in [0.25, 0.3) is 0 Å². The van der Waals surface area contributed by atoms with Crippen LogP contribution in [0.2, 0.25) is 0 Å². The molecule has 1 aromatic rings. The number of hydrogen-bond acceptors (Lipinski definition) is 7. The van der Waals surface area contributed by atoms with Crippen molar-refractivity contribution in [2.24, 2.45) is 0 Å². The lowest BCUT2D eigenvalue weighted by molar-refractivity contribution is -0.425. The average Bonchev–Trinajstić information content (AvgIpc) is 3.13. The van der Waals surface area contributed by atoms with Crippen molar-refractivity contribution in [2.75, 3.05) is 11.0 Å². The van der Waals surface area contributed by atoms with Crippen molar-refractivity contribution >= 4 is 44.6 Å². The van der Waals surface area contributed by atoms with E-state index in [4.69, 9.17) is 4.55 Å². The van der Waals surface area contributed by atoms with Crippen LogP contribution in [0, 0.1) is 0 Å². The summed E-state index contributed by atoms with van der Waals surface area (Å²) < 4.78 is 198. The third-order valence-corrected chi connectivity index (χ3v) is 6.76. The van der Waals surface area contributed by atoms with E-state index in [2.05, 4.69) is 4.84 Å². The summed E-state index contributed by atoms with van der Waals surface area (Å²) in [6, 6.07) is 0.0141. The van der Waals surface area contributed by atoms with Crippen molar-refractivity contribution in [1.29, 1.82) is 0 Å². The Labute approximate surface area is 239 Å². The Morgan fingerprint density at radius 3 is 1.71 bits per heavy atom. The van der Waals surface area contributed by atoms with Crippen LogP contribution in [-0.2, 0) is 19.7 Å². The maximum absolute atomic E-state index is 14.0. The molecule has 0 radical (unpaired) electrons. The Morgan fingerprint density at radius 1 is 0.857 bits per heavy atom. The number of halogens is 13. The van der Waals surface area contributed by atoms with Crippen molar-refractivity contribution in [3.05, 3.63) is 6.07 Å². The molecule has 10 nitrogen and oxygen atoms in total. The summed E-state index contributed by atoms with van der Waals surface area (Å²) in [5.74, 6) is -49.9. The molecular weight excluding hydrogens is 759 g/mol. The van der Waals surface area contributed by atoms with E-state index in [9.17, 15) is 80.9 Å². The number of aromatic hydroxyl groups is 2. The minimum atomic E-state index is -7.91. The third kappa shape index (κ3) is 7.05. The van der Waals surface area contributed by atoms with Crippen molar-refractivity contribution in [2.45, 2.75) is 66.1 Å². The predicted octanol–water partition coefficient (Wildman–Crippen LogP) is 4.02. The minimum Gasteiger partial charge on any atom is -0.492 e. The molecule has 0 aliphatic rings. The van der Waals surface area contributed by atoms with Gasteiger partial charge in [-0.1, -0.05) is 22.6 Å². The smallest absolute Gasteiger partial charge is 0.384 e. The number of alkyl halides is 13. The number of carbonyl (C=O) groups excluding carboxylic acids is 2. The zero-order valence-electron chi connectivity index (χ0n) is 20.0. The molecule has 0 spiro atoms. The second-order valence-electron chi connectivity index (χ2n) is 8.22. The normalized spacial score (nSPS) is 14.1. The standard InChI is InChI=1S/C18H17F12IN2O8S/c19-13(20,3-1-5-32-9(34)7-31)15(23,24)17(27,28)18(29,30)16(25,26)14(21,22)4-2-11(36)41-33-10(35)6-8(12(33)37)42(38,39)40/h6,35,37H,1-5,7H2,(H,32,34)(H,38,39,40). The fraction of sp³-hybridized carbons (Fsp3) is 0.667. The van der Waals surface area contributed by atoms with Crippen molar-refractivity contribution in [3.63, 3.8) is 0 Å². The summed E-state index contributed by atoms with van der Waals surface area (Å²) in [4.78, 5) is 25.0. The Hall–Kier alpha value is -2.38. The van der Waals surface area contributed by atoms with E-state index in [-0.39, 0.29) is 10.5 Å². The summed E-state index contributed by atoms with van der Waals surface area (Å²) >= 11 is 1.48. The van der Waals surface area contributed by atoms with Gasteiger partial charge in [0, 0.05) is 25.5 Å². The van der Waals surface area contributed by atoms with Gasteiger partial charge in [-0.05, 0) is 6.42 Å². The van der Waals surface area contributed by atoms with Crippen LogP contribution >= 0.6 is 22.6 Å². The number of amides is 1. The second kappa shape index (κ2) is 12.3. The molecule has 0 saturated carbocycles. The topological polar surface area (TPSA) is 155 Å². The third-order valence-electron chi connectivity index (χ3n) is 5.21. The number of nitrogens with zero attached hydrogens (tertiary/aromatic N) is 1. The highest BCUT2D eigenvalue weighted by molar-refractivity contribution is 14.1. The van der Waals surface area contributed by atoms with Gasteiger partial charge in [0.15, 0.2) is 4.90 Å². The maximum Gasteiger partial charge on any atom is 0.384 e. The number of rotatable bonds is 15. The monoisotopic (exact) mass is 776 g/mol. The Balaban J connectivity index is 3.16. The molecule has 0 atom stereocenters. The summed E-state index contributed by atoms with van der Waals surface area (Å²) in [6.07, 6.45) is -8.78. The number of carbonyl (C=O) groups is 2. The van der Waals surface area contributed by atoms with Crippen LogP contribution in [0.1, 0.15) is 25.7 Å². The molecule has 0 unspecified atom stereocenters. The zero-order chi connectivity index (χ0) is 33.3. The lowest BCUT2D eigenvalue weighted by Gasteiger charge is -2.41. The lowest BCUT2D eigenvalue weighted by Crippen LogP contribution is -2.70. The van der Waals surface area contributed by atoms with E-state index in [1.807, 2.05) is 5.32 Å². The molecule has 0 fully saturated rings. The Kier molecular flexibility index (Phi) is 11.0. The van der Waals surface area contributed by atoms with Gasteiger partial charge in [0.1, 0.15) is 0 Å². The number of nitrogens with one attached hydrogen (secondary N) is 1. The molecule has 1 rings (SSSR count). The highest BCUT2D eigenvalue weighted by Crippen LogP contribution is 2.61. The van der Waals surface area contributed by atoms with Gasteiger partial charge in [-0.2, -0.15) is 61.1 Å². The first-order valence-corrected chi connectivity index (χ1v) is 13.5. The zero-order valence-corrected chi connectivity index (χ0v) is 22.9. The van der Waals surface area contributed by atoms with Crippen molar-refractivity contribution in [1.82, 2.24) is 10.0 Å². The highest BCUT2D eigenvalue weighted by atomic mass is 127. The van der Waals surface area contributed by atoms with E-state index < -0.39 is 111 Å². The molecule has 1 amide bonds. The van der Waals surface area contributed by atoms with Gasteiger partial charge in [-0.25, -0.2) is 4.79 Å². The van der Waals surface area contributed by atoms with E-state index in [1.54, 1.807) is 0 Å². The first-order chi connectivity index (χ1) is 18.6. The quantitative estimate of drug-likeness (QED) is 0.0685. The Morgan fingerprint density at radius 2 is 1.31 bits per heavy atom. The van der Waals surface area contributed by atoms with Gasteiger partial charge >= 0.3 is 41.5 Å². The van der Waals surface area contributed by atoms with Crippen LogP contribution in [-0.4, -0.2) is 86.3 Å². The van der Waals surface area contributed by atoms with E-state index in [1.165, 1.54) is 22.6 Å². The molecule has 0 aliphatic heterocycles. The maximum atomic E-state index is 14.0. The molecule has 1 aromatic heterocycles. The minimum absolute atomic E-state index is 0.0141. The fourth-order valence-electron chi connectivity index (χ4n) is 2.89. The molecule has 0 saturated heterocycles. The SMILES string of the molecule is O=C(CI)NCCCC(F)(F)C(F)(F)C(F)(F)C(F)(F)C(F)(F)C(F)(F)CCC(=O)On1c(O)cc(S(=O)(=O)O)c1O. The van der Waals surface area contributed by atoms with E-state index >= 15 is 0 Å². The van der Waals surface area contributed by atoms with Crippen LogP contribution in [0.3, 0.4) is 0 Å². The van der Waals surface area contributed by atoms with Gasteiger partial charge in [0.05, 0.1) is 10.8 Å². The van der Waals surface area contributed by atoms with Gasteiger partial charge in [-0.15, -0.1) is 4.73 Å². The largest absolute Gasteiger partial charge is 0.492 e. The summed E-state index contributed by atoms with van der Waals surface area (Å²) in [5, 5.41) is 20.7. The van der Waals surface area contributed by atoms with Gasteiger partial charge in [0.25, 0.3) is 16.0 Å². The highest BCUT2D eigenvalue weighted by Gasteiger charge is 2.89. The second-order valence-corrected chi connectivity index (χ2v) is 10.4. The number of aromatic nitrogens is 1. The molecule has 42 heavy (non-hydrogen) atoms. The predicted molar refractivity (Wildman–Crippen MR) is 119 cm³/mol. The average molecular weight is 776 g/mol. The van der Waals surface area contributed by atoms with Crippen LogP contribution < -0.4 is 10.2 Å². The molecule has 244 valence electrons. The van der Waals surface area contributed by atoms with Crippen LogP contribution in [0.15, 0.2) is 11.0 Å². The summed E-state index contributed by atoms with van der Waals surface area (Å²) in [7, 11) is -5.32. The first kappa shape index (κ1) is 37.6. The molecule has 0 aromatic carbocycles. The first-order valence-electron chi connectivity index (χ1n) is 10.5. The van der Waals surface area contributed by atoms with Gasteiger partial charge in [0.2, 0.25) is 11.8 Å². The summed E-state index contributed by atoms with van der Waals surface area (Å²) in [6.45, 7) is -0.866. The molecular formula is C18H17F12IN2O8S. The summed E-state index contributed by atoms with van der Waals surface area (Å²) in [5.41, 5.74) is 0.